The number of benzene rings is 1. The smallest absolute Gasteiger partial charge is 0.335 e. The summed E-state index contributed by atoms with van der Waals surface area (Å²) >= 11 is 1.21. The van der Waals surface area contributed by atoms with Crippen molar-refractivity contribution in [2.45, 2.75) is 6.42 Å². The zero-order valence-corrected chi connectivity index (χ0v) is 9.95. The molecule has 0 bridgehead atoms. The molecule has 1 aromatic heterocycles. The molecule has 2 N–H and O–H groups in total. The van der Waals surface area contributed by atoms with Crippen LogP contribution in [0.15, 0.2) is 18.2 Å². The van der Waals surface area contributed by atoms with Gasteiger partial charge in [-0.15, -0.1) is 6.42 Å². The second kappa shape index (κ2) is 4.85. The standard InChI is InChI=1S/C12H8N2O3S/c1-2-3-10(15)14-12-13-8-5-4-7(11(16)17)6-9(8)18-12/h1,4-6H,3H2,(H,16,17)(H,13,14,15). The number of terminal acetylenes is 1. The van der Waals surface area contributed by atoms with Crippen molar-refractivity contribution >= 4 is 38.6 Å². The van der Waals surface area contributed by atoms with Gasteiger partial charge in [0.25, 0.3) is 0 Å². The summed E-state index contributed by atoms with van der Waals surface area (Å²) in [5, 5.41) is 11.8. The Morgan fingerprint density at radius 3 is 2.94 bits per heavy atom. The maximum atomic E-state index is 11.3. The third-order valence-electron chi connectivity index (χ3n) is 2.14. The number of carbonyl (C=O) groups is 2. The number of nitrogens with one attached hydrogen (secondary N) is 1. The summed E-state index contributed by atoms with van der Waals surface area (Å²) in [6, 6.07) is 4.59. The number of anilines is 1. The molecule has 2 rings (SSSR count). The van der Waals surface area contributed by atoms with Gasteiger partial charge in [-0.05, 0) is 18.2 Å². The molecule has 0 saturated carbocycles. The molecule has 0 atom stereocenters. The van der Waals surface area contributed by atoms with Crippen LogP contribution in [-0.4, -0.2) is 22.0 Å². The van der Waals surface area contributed by atoms with E-state index in [0.29, 0.717) is 15.3 Å². The van der Waals surface area contributed by atoms with E-state index in [2.05, 4.69) is 16.2 Å². The number of carbonyl (C=O) groups excluding carboxylic acids is 1. The van der Waals surface area contributed by atoms with E-state index in [1.54, 1.807) is 6.07 Å². The monoisotopic (exact) mass is 260 g/mol. The van der Waals surface area contributed by atoms with E-state index in [-0.39, 0.29) is 17.9 Å². The number of aromatic nitrogens is 1. The van der Waals surface area contributed by atoms with Gasteiger partial charge in [-0.2, -0.15) is 0 Å². The van der Waals surface area contributed by atoms with Gasteiger partial charge in [0, 0.05) is 0 Å². The molecule has 0 fully saturated rings. The number of hydrogen-bond donors (Lipinski definition) is 2. The number of rotatable bonds is 3. The highest BCUT2D eigenvalue weighted by atomic mass is 32.1. The Balaban J connectivity index is 2.30. The molecular formula is C12H8N2O3S. The van der Waals surface area contributed by atoms with E-state index in [4.69, 9.17) is 11.5 Å². The Hall–Kier alpha value is -2.39. The van der Waals surface area contributed by atoms with Gasteiger partial charge in [0.1, 0.15) is 0 Å². The molecule has 0 saturated heterocycles. The Kier molecular flexibility index (Phi) is 3.26. The molecule has 1 amide bonds. The lowest BCUT2D eigenvalue weighted by atomic mass is 10.2. The number of fused-ring (bicyclic) bond motifs is 1. The van der Waals surface area contributed by atoms with Crippen molar-refractivity contribution in [3.05, 3.63) is 23.8 Å². The number of hydrogen-bond acceptors (Lipinski definition) is 4. The second-order valence-corrected chi connectivity index (χ2v) is 4.47. The summed E-state index contributed by atoms with van der Waals surface area (Å²) in [5.74, 6) is 0.925. The van der Waals surface area contributed by atoms with Crippen molar-refractivity contribution in [3.63, 3.8) is 0 Å². The molecule has 0 spiro atoms. The quantitative estimate of drug-likeness (QED) is 0.827. The van der Waals surface area contributed by atoms with Crippen molar-refractivity contribution < 1.29 is 14.7 Å². The van der Waals surface area contributed by atoms with Gasteiger partial charge in [-0.25, -0.2) is 9.78 Å². The van der Waals surface area contributed by atoms with Gasteiger partial charge in [-0.1, -0.05) is 17.3 Å². The lowest BCUT2D eigenvalue weighted by molar-refractivity contribution is -0.115. The molecule has 0 unspecified atom stereocenters. The third-order valence-corrected chi connectivity index (χ3v) is 3.08. The van der Waals surface area contributed by atoms with Crippen LogP contribution in [0.25, 0.3) is 10.2 Å². The minimum Gasteiger partial charge on any atom is -0.478 e. The average Bonchev–Trinajstić information content (AvgIpc) is 2.69. The van der Waals surface area contributed by atoms with Crippen molar-refractivity contribution in [1.82, 2.24) is 4.98 Å². The fourth-order valence-electron chi connectivity index (χ4n) is 1.37. The largest absolute Gasteiger partial charge is 0.478 e. The molecule has 6 heteroatoms. The average molecular weight is 260 g/mol. The highest BCUT2D eigenvalue weighted by Crippen LogP contribution is 2.26. The normalized spacial score (nSPS) is 9.94. The number of amides is 1. The molecule has 1 heterocycles. The van der Waals surface area contributed by atoms with Crippen LogP contribution >= 0.6 is 11.3 Å². The summed E-state index contributed by atoms with van der Waals surface area (Å²) in [7, 11) is 0. The number of carboxylic acid groups (broad SMARTS) is 1. The van der Waals surface area contributed by atoms with Gasteiger partial charge in [-0.3, -0.25) is 4.79 Å². The first-order chi connectivity index (χ1) is 8.60. The van der Waals surface area contributed by atoms with Crippen LogP contribution in [0.4, 0.5) is 5.13 Å². The van der Waals surface area contributed by atoms with E-state index in [1.165, 1.54) is 23.5 Å². The SMILES string of the molecule is C#CCC(=O)Nc1nc2ccc(C(=O)O)cc2s1. The molecule has 0 aliphatic heterocycles. The second-order valence-electron chi connectivity index (χ2n) is 3.44. The minimum atomic E-state index is -0.997. The number of aromatic carboxylic acids is 1. The van der Waals surface area contributed by atoms with E-state index >= 15 is 0 Å². The molecule has 0 aliphatic rings. The number of thiazole rings is 1. The lowest BCUT2D eigenvalue weighted by Crippen LogP contribution is -2.09. The summed E-state index contributed by atoms with van der Waals surface area (Å²) in [5.41, 5.74) is 0.827. The van der Waals surface area contributed by atoms with Crippen LogP contribution in [0.3, 0.4) is 0 Å². The summed E-state index contributed by atoms with van der Waals surface area (Å²) in [6.45, 7) is 0. The summed E-state index contributed by atoms with van der Waals surface area (Å²) in [6.07, 6.45) is 5.00. The van der Waals surface area contributed by atoms with E-state index in [1.807, 2.05) is 0 Å². The first-order valence-corrected chi connectivity index (χ1v) is 5.79. The Labute approximate surface area is 106 Å². The van der Waals surface area contributed by atoms with Crippen molar-refractivity contribution in [2.75, 3.05) is 5.32 Å². The van der Waals surface area contributed by atoms with E-state index in [9.17, 15) is 9.59 Å². The first-order valence-electron chi connectivity index (χ1n) is 4.97. The van der Waals surface area contributed by atoms with Crippen LogP contribution in [0.5, 0.6) is 0 Å². The number of nitrogens with zero attached hydrogens (tertiary/aromatic N) is 1. The fourth-order valence-corrected chi connectivity index (χ4v) is 2.29. The molecule has 0 aliphatic carbocycles. The highest BCUT2D eigenvalue weighted by molar-refractivity contribution is 7.22. The van der Waals surface area contributed by atoms with E-state index in [0.717, 1.165) is 0 Å². The van der Waals surface area contributed by atoms with Crippen molar-refractivity contribution in [1.29, 1.82) is 0 Å². The lowest BCUT2D eigenvalue weighted by Gasteiger charge is -1.94. The topological polar surface area (TPSA) is 79.3 Å². The first kappa shape index (κ1) is 12.1. The number of carboxylic acids is 1. The molecule has 90 valence electrons. The summed E-state index contributed by atoms with van der Waals surface area (Å²) < 4.78 is 0.700. The van der Waals surface area contributed by atoms with Gasteiger partial charge in [0.2, 0.25) is 5.91 Å². The fraction of sp³-hybridized carbons (Fsp3) is 0.0833. The van der Waals surface area contributed by atoms with Gasteiger partial charge >= 0.3 is 5.97 Å². The van der Waals surface area contributed by atoms with Gasteiger partial charge in [0.15, 0.2) is 5.13 Å². The van der Waals surface area contributed by atoms with Crippen LogP contribution in [0, 0.1) is 12.3 Å². The van der Waals surface area contributed by atoms with Gasteiger partial charge in [0.05, 0.1) is 22.2 Å². The van der Waals surface area contributed by atoms with Crippen molar-refractivity contribution in [3.8, 4) is 12.3 Å². The predicted molar refractivity (Wildman–Crippen MR) is 68.7 cm³/mol. The molecule has 5 nitrogen and oxygen atoms in total. The maximum Gasteiger partial charge on any atom is 0.335 e. The van der Waals surface area contributed by atoms with Crippen LogP contribution in [-0.2, 0) is 4.79 Å². The van der Waals surface area contributed by atoms with Crippen LogP contribution in [0.2, 0.25) is 0 Å². The Morgan fingerprint density at radius 1 is 1.50 bits per heavy atom. The molecule has 0 radical (unpaired) electrons. The minimum absolute atomic E-state index is 0.0176. The molecule has 2 aromatic rings. The predicted octanol–water partition coefficient (Wildman–Crippen LogP) is 1.96. The molecule has 1 aromatic carbocycles. The van der Waals surface area contributed by atoms with Crippen LogP contribution in [0.1, 0.15) is 16.8 Å². The highest BCUT2D eigenvalue weighted by Gasteiger charge is 2.09. The van der Waals surface area contributed by atoms with Crippen molar-refractivity contribution in [2.24, 2.45) is 0 Å². The Bertz CT molecular complexity index is 670. The van der Waals surface area contributed by atoms with Gasteiger partial charge < -0.3 is 10.4 Å². The molecular weight excluding hydrogens is 252 g/mol. The van der Waals surface area contributed by atoms with Crippen LogP contribution < -0.4 is 5.32 Å². The Morgan fingerprint density at radius 2 is 2.28 bits per heavy atom. The maximum absolute atomic E-state index is 11.3. The zero-order chi connectivity index (χ0) is 13.1. The van der Waals surface area contributed by atoms with E-state index < -0.39 is 5.97 Å². The summed E-state index contributed by atoms with van der Waals surface area (Å²) in [4.78, 5) is 26.3. The molecule has 18 heavy (non-hydrogen) atoms. The third kappa shape index (κ3) is 2.47. The zero-order valence-electron chi connectivity index (χ0n) is 9.14.